The van der Waals surface area contributed by atoms with Gasteiger partial charge in [0.15, 0.2) is 0 Å². The van der Waals surface area contributed by atoms with E-state index in [0.29, 0.717) is 23.8 Å². The number of carbonyl (C=O) groups is 1. The van der Waals surface area contributed by atoms with Crippen molar-refractivity contribution in [3.8, 4) is 0 Å². The second-order valence-electron chi connectivity index (χ2n) is 5.95. The van der Waals surface area contributed by atoms with E-state index in [1.807, 2.05) is 6.07 Å². The molecule has 0 atom stereocenters. The van der Waals surface area contributed by atoms with Gasteiger partial charge in [-0.1, -0.05) is 37.5 Å². The minimum atomic E-state index is -0.856. The molecule has 0 unspecified atom stereocenters. The molecule has 2 N–H and O–H groups in total. The molecule has 0 bridgehead atoms. The van der Waals surface area contributed by atoms with E-state index in [0.717, 1.165) is 19.3 Å². The van der Waals surface area contributed by atoms with Gasteiger partial charge in [0.25, 0.3) is 5.91 Å². The predicted molar refractivity (Wildman–Crippen MR) is 82.9 cm³/mol. The van der Waals surface area contributed by atoms with Crippen molar-refractivity contribution < 1.29 is 14.3 Å². The molecule has 116 valence electrons. The number of nitrogens with one attached hydrogen (secondary N) is 1. The Morgan fingerprint density at radius 1 is 1.23 bits per heavy atom. The fourth-order valence-corrected chi connectivity index (χ4v) is 2.95. The summed E-state index contributed by atoms with van der Waals surface area (Å²) in [6.45, 7) is 0.165. The van der Waals surface area contributed by atoms with Gasteiger partial charge >= 0.3 is 5.63 Å². The molecule has 22 heavy (non-hydrogen) atoms. The van der Waals surface area contributed by atoms with Gasteiger partial charge in [0.1, 0.15) is 11.1 Å². The highest BCUT2D eigenvalue weighted by molar-refractivity contribution is 5.96. The van der Waals surface area contributed by atoms with E-state index in [-0.39, 0.29) is 12.1 Å². The minimum Gasteiger partial charge on any atom is -0.422 e. The highest BCUT2D eigenvalue weighted by Gasteiger charge is 2.29. The Morgan fingerprint density at radius 2 is 1.95 bits per heavy atom. The summed E-state index contributed by atoms with van der Waals surface area (Å²) in [6.07, 6.45) is 4.40. The predicted octanol–water partition coefficient (Wildman–Crippen LogP) is 2.22. The third-order valence-corrected chi connectivity index (χ3v) is 4.25. The summed E-state index contributed by atoms with van der Waals surface area (Å²) in [4.78, 5) is 24.1. The van der Waals surface area contributed by atoms with E-state index in [1.165, 1.54) is 6.07 Å². The molecule has 1 aliphatic carbocycles. The number of fused-ring (bicyclic) bond motifs is 1. The number of carbonyl (C=O) groups excluding carboxylic acids is 1. The third kappa shape index (κ3) is 3.04. The van der Waals surface area contributed by atoms with E-state index < -0.39 is 17.1 Å². The van der Waals surface area contributed by atoms with Gasteiger partial charge in [0.05, 0.1) is 5.60 Å². The molecule has 0 spiro atoms. The molecular formula is C17H19NO4. The van der Waals surface area contributed by atoms with Crippen LogP contribution in [0.4, 0.5) is 0 Å². The van der Waals surface area contributed by atoms with Crippen LogP contribution in [-0.4, -0.2) is 23.2 Å². The summed E-state index contributed by atoms with van der Waals surface area (Å²) in [6, 6.07) is 8.58. The number of para-hydroxylation sites is 1. The van der Waals surface area contributed by atoms with E-state index in [1.54, 1.807) is 18.2 Å². The van der Waals surface area contributed by atoms with Crippen LogP contribution in [0.15, 0.2) is 39.5 Å². The topological polar surface area (TPSA) is 79.5 Å². The van der Waals surface area contributed by atoms with Gasteiger partial charge in [-0.3, -0.25) is 4.79 Å². The van der Waals surface area contributed by atoms with Crippen LogP contribution in [0.5, 0.6) is 0 Å². The molecule has 0 aliphatic heterocycles. The van der Waals surface area contributed by atoms with Crippen molar-refractivity contribution >= 4 is 16.9 Å². The number of hydrogen-bond acceptors (Lipinski definition) is 4. The molecule has 1 saturated carbocycles. The Hall–Kier alpha value is -2.14. The van der Waals surface area contributed by atoms with Crippen molar-refractivity contribution in [3.05, 3.63) is 46.3 Å². The van der Waals surface area contributed by atoms with Gasteiger partial charge in [-0.15, -0.1) is 0 Å². The summed E-state index contributed by atoms with van der Waals surface area (Å²) in [5, 5.41) is 13.8. The molecule has 1 fully saturated rings. The van der Waals surface area contributed by atoms with Crippen LogP contribution in [0, 0.1) is 0 Å². The third-order valence-electron chi connectivity index (χ3n) is 4.25. The van der Waals surface area contributed by atoms with Gasteiger partial charge in [-0.2, -0.15) is 0 Å². The molecule has 1 amide bonds. The van der Waals surface area contributed by atoms with Crippen molar-refractivity contribution in [1.82, 2.24) is 5.32 Å². The Morgan fingerprint density at radius 3 is 2.73 bits per heavy atom. The summed E-state index contributed by atoms with van der Waals surface area (Å²) in [5.74, 6) is -0.501. The summed E-state index contributed by atoms with van der Waals surface area (Å²) in [5.41, 5.74) is -1.09. The number of benzene rings is 1. The smallest absolute Gasteiger partial charge is 0.349 e. The molecule has 1 aliphatic rings. The minimum absolute atomic E-state index is 0.0295. The lowest BCUT2D eigenvalue weighted by molar-refractivity contribution is 0.00522. The second-order valence-corrected chi connectivity index (χ2v) is 5.95. The summed E-state index contributed by atoms with van der Waals surface area (Å²) >= 11 is 0. The fraction of sp³-hybridized carbons (Fsp3) is 0.412. The largest absolute Gasteiger partial charge is 0.422 e. The van der Waals surface area contributed by atoms with Crippen molar-refractivity contribution in [2.45, 2.75) is 37.7 Å². The lowest BCUT2D eigenvalue weighted by Gasteiger charge is -2.32. The first kappa shape index (κ1) is 14.8. The van der Waals surface area contributed by atoms with Crippen molar-refractivity contribution in [2.24, 2.45) is 0 Å². The normalized spacial score (nSPS) is 17.3. The number of rotatable bonds is 3. The van der Waals surface area contributed by atoms with E-state index in [4.69, 9.17) is 4.42 Å². The van der Waals surface area contributed by atoms with E-state index in [9.17, 15) is 14.7 Å². The van der Waals surface area contributed by atoms with E-state index in [2.05, 4.69) is 5.32 Å². The standard InChI is InChI=1S/C17H19NO4/c19-15(18-11-17(21)8-4-1-5-9-17)13-10-12-6-2-3-7-14(12)22-16(13)20/h2-3,6-7,10,21H,1,4-5,8-9,11H2,(H,18,19). The van der Waals surface area contributed by atoms with Gasteiger partial charge in [0.2, 0.25) is 0 Å². The van der Waals surface area contributed by atoms with Crippen LogP contribution in [-0.2, 0) is 0 Å². The molecule has 5 heteroatoms. The maximum absolute atomic E-state index is 12.2. The van der Waals surface area contributed by atoms with Gasteiger partial charge in [-0.05, 0) is 25.0 Å². The lowest BCUT2D eigenvalue weighted by atomic mass is 9.85. The Bertz CT molecular complexity index is 744. The first-order valence-electron chi connectivity index (χ1n) is 7.61. The molecule has 0 radical (unpaired) electrons. The zero-order valence-corrected chi connectivity index (χ0v) is 12.3. The zero-order valence-electron chi connectivity index (χ0n) is 12.3. The van der Waals surface area contributed by atoms with Crippen LogP contribution in [0.3, 0.4) is 0 Å². The summed E-state index contributed by atoms with van der Waals surface area (Å²) < 4.78 is 5.15. The van der Waals surface area contributed by atoms with Crippen molar-refractivity contribution in [1.29, 1.82) is 0 Å². The first-order chi connectivity index (χ1) is 10.6. The first-order valence-corrected chi connectivity index (χ1v) is 7.61. The van der Waals surface area contributed by atoms with Crippen molar-refractivity contribution in [3.63, 3.8) is 0 Å². The fourth-order valence-electron chi connectivity index (χ4n) is 2.95. The quantitative estimate of drug-likeness (QED) is 0.852. The molecule has 2 aromatic rings. The number of amides is 1. The van der Waals surface area contributed by atoms with E-state index >= 15 is 0 Å². The number of hydrogen-bond donors (Lipinski definition) is 2. The molecule has 3 rings (SSSR count). The average Bonchev–Trinajstić information content (AvgIpc) is 2.53. The van der Waals surface area contributed by atoms with Crippen LogP contribution in [0.2, 0.25) is 0 Å². The van der Waals surface area contributed by atoms with Gasteiger partial charge in [0, 0.05) is 11.9 Å². The monoisotopic (exact) mass is 301 g/mol. The molecule has 1 aromatic carbocycles. The average molecular weight is 301 g/mol. The molecule has 5 nitrogen and oxygen atoms in total. The van der Waals surface area contributed by atoms with Crippen LogP contribution in [0.1, 0.15) is 42.5 Å². The zero-order chi connectivity index (χ0) is 15.6. The Kier molecular flexibility index (Phi) is 3.98. The summed E-state index contributed by atoms with van der Waals surface area (Å²) in [7, 11) is 0. The van der Waals surface area contributed by atoms with Gasteiger partial charge in [-0.25, -0.2) is 4.79 Å². The van der Waals surface area contributed by atoms with Crippen LogP contribution >= 0.6 is 0 Å². The van der Waals surface area contributed by atoms with Crippen LogP contribution in [0.25, 0.3) is 11.0 Å². The SMILES string of the molecule is O=C(NCC1(O)CCCCC1)c1cc2ccccc2oc1=O. The Balaban J connectivity index is 1.77. The van der Waals surface area contributed by atoms with Gasteiger partial charge < -0.3 is 14.8 Å². The lowest BCUT2D eigenvalue weighted by Crippen LogP contribution is -2.44. The highest BCUT2D eigenvalue weighted by atomic mass is 16.4. The molecule has 0 saturated heterocycles. The molecule has 1 aromatic heterocycles. The maximum atomic E-state index is 12.2. The second kappa shape index (κ2) is 5.93. The highest BCUT2D eigenvalue weighted by Crippen LogP contribution is 2.27. The maximum Gasteiger partial charge on any atom is 0.349 e. The van der Waals surface area contributed by atoms with Crippen molar-refractivity contribution in [2.75, 3.05) is 6.54 Å². The molecular weight excluding hydrogens is 282 g/mol. The van der Waals surface area contributed by atoms with Crippen LogP contribution < -0.4 is 10.9 Å². The Labute approximate surface area is 127 Å². The molecule has 1 heterocycles. The number of aliphatic hydroxyl groups is 1.